The maximum absolute atomic E-state index is 11.7. The van der Waals surface area contributed by atoms with Crippen molar-refractivity contribution in [1.82, 2.24) is 0 Å². The van der Waals surface area contributed by atoms with Gasteiger partial charge < -0.3 is 0 Å². The second kappa shape index (κ2) is 8.49. The number of hydrogen-bond donors (Lipinski definition) is 0. The largest absolute Gasteiger partial charge is 0.300 e. The first-order chi connectivity index (χ1) is 7.56. The number of hydrogen-bond acceptors (Lipinski definition) is 2. The number of rotatable bonds is 8. The molecule has 0 aliphatic rings. The Kier molecular flexibility index (Phi) is 8.14. The number of ketones is 1. The van der Waals surface area contributed by atoms with E-state index in [1.54, 1.807) is 6.92 Å². The lowest BCUT2D eigenvalue weighted by atomic mass is 9.89. The van der Waals surface area contributed by atoms with E-state index in [1.165, 1.54) is 5.71 Å². The molecule has 0 aliphatic heterocycles. The van der Waals surface area contributed by atoms with Gasteiger partial charge in [-0.2, -0.15) is 0 Å². The molecule has 0 aliphatic carbocycles. The molecule has 0 bridgehead atoms. The molecule has 0 fully saturated rings. The second-order valence-electron chi connectivity index (χ2n) is 4.58. The zero-order valence-corrected chi connectivity index (χ0v) is 11.5. The van der Waals surface area contributed by atoms with Crippen molar-refractivity contribution in [1.29, 1.82) is 0 Å². The Morgan fingerprint density at radius 2 is 1.62 bits per heavy atom. The molecule has 2 heteroatoms. The average molecular weight is 225 g/mol. The van der Waals surface area contributed by atoms with Crippen LogP contribution in [-0.4, -0.2) is 17.5 Å². The lowest BCUT2D eigenvalue weighted by Gasteiger charge is -2.21. The summed E-state index contributed by atoms with van der Waals surface area (Å²) in [5.74, 6) is 0.430. The topological polar surface area (TPSA) is 29.4 Å². The first-order valence-corrected chi connectivity index (χ1v) is 6.60. The molecular formula is C14H27NO. The van der Waals surface area contributed by atoms with Gasteiger partial charge in [0.25, 0.3) is 0 Å². The van der Waals surface area contributed by atoms with Gasteiger partial charge in [-0.3, -0.25) is 9.79 Å². The Bertz CT molecular complexity index is 233. The van der Waals surface area contributed by atoms with Crippen molar-refractivity contribution < 1.29 is 4.79 Å². The highest BCUT2D eigenvalue weighted by Gasteiger charge is 2.23. The molecule has 94 valence electrons. The van der Waals surface area contributed by atoms with Crippen LogP contribution in [0.25, 0.3) is 0 Å². The van der Waals surface area contributed by atoms with E-state index in [2.05, 4.69) is 27.7 Å². The first-order valence-electron chi connectivity index (χ1n) is 6.60. The van der Waals surface area contributed by atoms with Crippen LogP contribution >= 0.6 is 0 Å². The second-order valence-corrected chi connectivity index (χ2v) is 4.58. The number of carbonyl (C=O) groups is 1. The van der Waals surface area contributed by atoms with Crippen LogP contribution in [0.1, 0.15) is 66.7 Å². The summed E-state index contributed by atoms with van der Waals surface area (Å²) in [6, 6.07) is 0.211. The highest BCUT2D eigenvalue weighted by atomic mass is 16.1. The molecule has 0 rings (SSSR count). The summed E-state index contributed by atoms with van der Waals surface area (Å²) in [7, 11) is 0. The highest BCUT2D eigenvalue weighted by molar-refractivity contribution is 5.83. The summed E-state index contributed by atoms with van der Waals surface area (Å²) in [5.41, 5.74) is 1.17. The first kappa shape index (κ1) is 15.3. The molecule has 0 aromatic heterocycles. The quantitative estimate of drug-likeness (QED) is 0.573. The predicted octanol–water partition coefficient (Wildman–Crippen LogP) is 4.03. The van der Waals surface area contributed by atoms with Crippen LogP contribution in [0.5, 0.6) is 0 Å². The molecule has 2 nitrogen and oxygen atoms in total. The molecule has 0 saturated heterocycles. The van der Waals surface area contributed by atoms with Crippen molar-refractivity contribution in [2.24, 2.45) is 10.9 Å². The summed E-state index contributed by atoms with van der Waals surface area (Å²) in [6.45, 7) is 10.2. The van der Waals surface area contributed by atoms with Gasteiger partial charge in [-0.25, -0.2) is 0 Å². The molecule has 0 aromatic carbocycles. The van der Waals surface area contributed by atoms with E-state index in [4.69, 9.17) is 4.99 Å². The van der Waals surface area contributed by atoms with Crippen molar-refractivity contribution in [2.75, 3.05) is 0 Å². The molecule has 16 heavy (non-hydrogen) atoms. The van der Waals surface area contributed by atoms with Gasteiger partial charge >= 0.3 is 0 Å². The van der Waals surface area contributed by atoms with E-state index < -0.39 is 0 Å². The smallest absolute Gasteiger partial charge is 0.135 e. The van der Waals surface area contributed by atoms with E-state index in [0.29, 0.717) is 5.78 Å². The van der Waals surface area contributed by atoms with Crippen LogP contribution in [0.2, 0.25) is 0 Å². The highest BCUT2D eigenvalue weighted by Crippen LogP contribution is 2.20. The lowest BCUT2D eigenvalue weighted by Crippen LogP contribution is -2.26. The molecule has 0 saturated carbocycles. The SMILES string of the molecule is CCC[C@H](N=C(C)CC)[C@H](CCC)C(C)=O. The van der Waals surface area contributed by atoms with Crippen molar-refractivity contribution in [2.45, 2.75) is 72.8 Å². The third-order valence-electron chi connectivity index (χ3n) is 3.07. The van der Waals surface area contributed by atoms with Crippen LogP contribution in [0, 0.1) is 5.92 Å². The van der Waals surface area contributed by atoms with E-state index >= 15 is 0 Å². The van der Waals surface area contributed by atoms with Gasteiger partial charge in [-0.15, -0.1) is 0 Å². The monoisotopic (exact) mass is 225 g/mol. The Morgan fingerprint density at radius 1 is 1.06 bits per heavy atom. The molecule has 0 aromatic rings. The fraction of sp³-hybridized carbons (Fsp3) is 0.857. The fourth-order valence-electron chi connectivity index (χ4n) is 2.00. The minimum Gasteiger partial charge on any atom is -0.300 e. The van der Waals surface area contributed by atoms with Crippen LogP contribution in [0.4, 0.5) is 0 Å². The molecule has 0 unspecified atom stereocenters. The predicted molar refractivity (Wildman–Crippen MR) is 71.2 cm³/mol. The molecular weight excluding hydrogens is 198 g/mol. The Balaban J connectivity index is 4.76. The zero-order valence-electron chi connectivity index (χ0n) is 11.5. The van der Waals surface area contributed by atoms with E-state index in [0.717, 1.165) is 32.1 Å². The van der Waals surface area contributed by atoms with Gasteiger partial charge in [-0.1, -0.05) is 33.6 Å². The van der Waals surface area contributed by atoms with Crippen LogP contribution in [-0.2, 0) is 4.79 Å². The maximum Gasteiger partial charge on any atom is 0.135 e. The Labute approximate surface area is 101 Å². The molecule has 0 heterocycles. The van der Waals surface area contributed by atoms with E-state index in [1.807, 2.05) is 0 Å². The normalized spacial score (nSPS) is 15.9. The molecule has 0 radical (unpaired) electrons. The van der Waals surface area contributed by atoms with Crippen LogP contribution in [0.15, 0.2) is 4.99 Å². The zero-order chi connectivity index (χ0) is 12.6. The van der Waals surface area contributed by atoms with Gasteiger partial charge in [-0.05, 0) is 33.1 Å². The maximum atomic E-state index is 11.7. The number of Topliss-reactive ketones (excluding diaryl/α,β-unsaturated/α-hetero) is 1. The van der Waals surface area contributed by atoms with Gasteiger partial charge in [0.05, 0.1) is 6.04 Å². The van der Waals surface area contributed by atoms with Gasteiger partial charge in [0.2, 0.25) is 0 Å². The van der Waals surface area contributed by atoms with Crippen LogP contribution in [0.3, 0.4) is 0 Å². The van der Waals surface area contributed by atoms with E-state index in [9.17, 15) is 4.79 Å². The van der Waals surface area contributed by atoms with Crippen molar-refractivity contribution in [3.05, 3.63) is 0 Å². The third-order valence-corrected chi connectivity index (χ3v) is 3.07. The summed E-state index contributed by atoms with van der Waals surface area (Å²) in [4.78, 5) is 16.4. The van der Waals surface area contributed by atoms with Crippen molar-refractivity contribution in [3.63, 3.8) is 0 Å². The third kappa shape index (κ3) is 5.43. The standard InChI is InChI=1S/C14H27NO/c1-6-9-13(12(5)16)14(10-7-2)15-11(4)8-3/h13-14H,6-10H2,1-5H3/t13-,14+/m1/s1. The molecule has 0 spiro atoms. The summed E-state index contributed by atoms with van der Waals surface area (Å²) in [6.07, 6.45) is 5.14. The lowest BCUT2D eigenvalue weighted by molar-refractivity contribution is -0.121. The number of carbonyl (C=O) groups excluding carboxylic acids is 1. The average Bonchev–Trinajstić information content (AvgIpc) is 2.24. The number of aliphatic imine (C=N–C) groups is 1. The number of nitrogens with zero attached hydrogens (tertiary/aromatic N) is 1. The molecule has 0 amide bonds. The molecule has 2 atom stereocenters. The summed E-state index contributed by atoms with van der Waals surface area (Å²) in [5, 5.41) is 0. The van der Waals surface area contributed by atoms with Gasteiger partial charge in [0.15, 0.2) is 0 Å². The van der Waals surface area contributed by atoms with E-state index in [-0.39, 0.29) is 12.0 Å². The minimum atomic E-state index is 0.131. The fourth-order valence-corrected chi connectivity index (χ4v) is 2.00. The Morgan fingerprint density at radius 3 is 2.00 bits per heavy atom. The molecule has 0 N–H and O–H groups in total. The summed E-state index contributed by atoms with van der Waals surface area (Å²) >= 11 is 0. The minimum absolute atomic E-state index is 0.131. The van der Waals surface area contributed by atoms with Gasteiger partial charge in [0, 0.05) is 11.6 Å². The van der Waals surface area contributed by atoms with Gasteiger partial charge in [0.1, 0.15) is 5.78 Å². The van der Waals surface area contributed by atoms with Crippen LogP contribution < -0.4 is 0 Å². The summed E-state index contributed by atoms with van der Waals surface area (Å²) < 4.78 is 0. The Hall–Kier alpha value is -0.660. The van der Waals surface area contributed by atoms with Crippen molar-refractivity contribution >= 4 is 11.5 Å². The van der Waals surface area contributed by atoms with Crippen molar-refractivity contribution in [3.8, 4) is 0 Å².